The van der Waals surface area contributed by atoms with Gasteiger partial charge in [0.05, 0.1) is 15.6 Å². The van der Waals surface area contributed by atoms with Crippen molar-refractivity contribution in [2.45, 2.75) is 12.6 Å². The van der Waals surface area contributed by atoms with Gasteiger partial charge >= 0.3 is 6.18 Å². The van der Waals surface area contributed by atoms with Crippen LogP contribution >= 0.6 is 23.2 Å². The van der Waals surface area contributed by atoms with Gasteiger partial charge in [0.1, 0.15) is 12.0 Å². The summed E-state index contributed by atoms with van der Waals surface area (Å²) in [6.45, 7) is 0. The Morgan fingerprint density at radius 3 is 2.59 bits per heavy atom. The van der Waals surface area contributed by atoms with Crippen molar-refractivity contribution in [3.05, 3.63) is 57.8 Å². The van der Waals surface area contributed by atoms with Crippen LogP contribution < -0.4 is 0 Å². The summed E-state index contributed by atoms with van der Waals surface area (Å²) < 4.78 is 45.2. The van der Waals surface area contributed by atoms with Gasteiger partial charge in [-0.3, -0.25) is 0 Å². The molecule has 1 aromatic carbocycles. The quantitative estimate of drug-likeness (QED) is 0.411. The molecule has 29 heavy (non-hydrogen) atoms. The second-order valence-electron chi connectivity index (χ2n) is 6.04. The first-order valence-corrected chi connectivity index (χ1v) is 8.84. The molecule has 148 valence electrons. The van der Waals surface area contributed by atoms with Crippen LogP contribution in [0.15, 0.2) is 41.2 Å². The minimum atomic E-state index is -4.55. The molecule has 4 rings (SSSR count). The Bertz CT molecular complexity index is 1230. The molecule has 0 aliphatic heterocycles. The second-order valence-corrected chi connectivity index (χ2v) is 6.85. The topological polar surface area (TPSA) is 73.3 Å². The van der Waals surface area contributed by atoms with Crippen LogP contribution in [-0.2, 0) is 17.4 Å². The lowest BCUT2D eigenvalue weighted by atomic mass is 10.1. The van der Waals surface area contributed by atoms with Gasteiger partial charge < -0.3 is 13.7 Å². The summed E-state index contributed by atoms with van der Waals surface area (Å²) in [7, 11) is 0. The molecule has 0 unspecified atom stereocenters. The summed E-state index contributed by atoms with van der Waals surface area (Å²) >= 11 is 12.2. The first-order chi connectivity index (χ1) is 13.8. The molecule has 0 bridgehead atoms. The lowest BCUT2D eigenvalue weighted by Crippen LogP contribution is -2.06. The third-order valence-corrected chi connectivity index (χ3v) is 4.66. The van der Waals surface area contributed by atoms with E-state index in [9.17, 15) is 18.0 Å². The zero-order chi connectivity index (χ0) is 20.8. The average Bonchev–Trinajstić information content (AvgIpc) is 3.28. The Balaban J connectivity index is 1.72. The number of fused-ring (bicyclic) bond motifs is 1. The predicted molar refractivity (Wildman–Crippen MR) is 98.7 cm³/mol. The van der Waals surface area contributed by atoms with Crippen LogP contribution in [0.25, 0.3) is 28.6 Å². The molecule has 3 heterocycles. The fourth-order valence-electron chi connectivity index (χ4n) is 2.72. The van der Waals surface area contributed by atoms with Crippen LogP contribution in [-0.4, -0.2) is 25.8 Å². The number of hydrogen-bond acceptors (Lipinski definition) is 5. The first kappa shape index (κ1) is 19.4. The van der Waals surface area contributed by atoms with E-state index in [-0.39, 0.29) is 34.5 Å². The molecule has 0 aliphatic rings. The van der Waals surface area contributed by atoms with Crippen LogP contribution in [0.1, 0.15) is 11.1 Å². The van der Waals surface area contributed by atoms with Crippen LogP contribution in [0.3, 0.4) is 0 Å². The summed E-state index contributed by atoms with van der Waals surface area (Å²) in [5, 5.41) is 4.00. The van der Waals surface area contributed by atoms with Crippen molar-refractivity contribution in [3.8, 4) is 23.0 Å². The highest BCUT2D eigenvalue weighted by molar-refractivity contribution is 6.33. The Morgan fingerprint density at radius 2 is 1.90 bits per heavy atom. The molecule has 0 aliphatic carbocycles. The van der Waals surface area contributed by atoms with Crippen molar-refractivity contribution in [2.24, 2.45) is 0 Å². The van der Waals surface area contributed by atoms with Crippen molar-refractivity contribution < 1.29 is 22.5 Å². The van der Waals surface area contributed by atoms with E-state index in [1.54, 1.807) is 18.2 Å². The third-order valence-electron chi connectivity index (χ3n) is 4.07. The molecule has 0 saturated carbocycles. The molecule has 6 nitrogen and oxygen atoms in total. The summed E-state index contributed by atoms with van der Waals surface area (Å²) in [5.41, 5.74) is 0.558. The van der Waals surface area contributed by atoms with E-state index < -0.39 is 11.7 Å². The molecule has 0 amide bonds. The molecule has 3 aromatic heterocycles. The highest BCUT2D eigenvalue weighted by Crippen LogP contribution is 2.33. The molecule has 0 N–H and O–H groups in total. The summed E-state index contributed by atoms with van der Waals surface area (Å²) in [6.07, 6.45) is -1.39. The number of carbonyl (C=O) groups excluding carboxylic acids is 1. The monoisotopic (exact) mass is 440 g/mol. The number of rotatable bonds is 4. The maximum atomic E-state index is 13.0. The smallest absolute Gasteiger partial charge is 0.332 e. The van der Waals surface area contributed by atoms with Gasteiger partial charge in [0, 0.05) is 24.4 Å². The number of imidazole rings is 1. The summed E-state index contributed by atoms with van der Waals surface area (Å²) in [6, 6.07) is 5.76. The van der Waals surface area contributed by atoms with Crippen molar-refractivity contribution >= 4 is 35.1 Å². The lowest BCUT2D eigenvalue weighted by molar-refractivity contribution is -0.137. The van der Waals surface area contributed by atoms with Gasteiger partial charge in [-0.1, -0.05) is 34.4 Å². The van der Waals surface area contributed by atoms with E-state index in [2.05, 4.69) is 15.1 Å². The van der Waals surface area contributed by atoms with E-state index in [1.807, 2.05) is 0 Å². The Kier molecular flexibility index (Phi) is 4.79. The van der Waals surface area contributed by atoms with Crippen LogP contribution in [0, 0.1) is 0 Å². The highest BCUT2D eigenvalue weighted by atomic mass is 35.5. The number of carbonyl (C=O) groups is 1. The molecule has 0 atom stereocenters. The molecule has 0 spiro atoms. The number of aromatic nitrogens is 4. The molecule has 11 heteroatoms. The fraction of sp³-hybridized carbons (Fsp3) is 0.111. The van der Waals surface area contributed by atoms with Gasteiger partial charge in [-0.05, 0) is 23.8 Å². The number of aldehydes is 1. The number of benzene rings is 1. The number of hydrogen-bond donors (Lipinski definition) is 0. The van der Waals surface area contributed by atoms with Crippen molar-refractivity contribution in [3.63, 3.8) is 0 Å². The minimum Gasteiger partial charge on any atom is -0.332 e. The van der Waals surface area contributed by atoms with Crippen LogP contribution in [0.2, 0.25) is 10.0 Å². The summed E-state index contributed by atoms with van der Waals surface area (Å²) in [5.74, 6) is 0.156. The second kappa shape index (κ2) is 7.16. The average molecular weight is 441 g/mol. The number of alkyl halides is 3. The van der Waals surface area contributed by atoms with E-state index in [4.69, 9.17) is 27.7 Å². The highest BCUT2D eigenvalue weighted by Gasteiger charge is 2.32. The Labute approximate surface area is 170 Å². The maximum Gasteiger partial charge on any atom is 0.417 e. The molecule has 0 fully saturated rings. The van der Waals surface area contributed by atoms with Crippen molar-refractivity contribution in [2.75, 3.05) is 0 Å². The number of nitrogens with zero attached hydrogens (tertiary/aromatic N) is 4. The zero-order valence-electron chi connectivity index (χ0n) is 14.2. The first-order valence-electron chi connectivity index (χ1n) is 8.08. The SMILES string of the molecule is O=CCc1ccc(-c2noc(-c3cn4cc(C(F)(F)F)cc(Cl)c4n3)n2)c(Cl)c1. The van der Waals surface area contributed by atoms with Gasteiger partial charge in [0.2, 0.25) is 5.82 Å². The lowest BCUT2D eigenvalue weighted by Gasteiger charge is -2.07. The summed E-state index contributed by atoms with van der Waals surface area (Å²) in [4.78, 5) is 19.0. The van der Waals surface area contributed by atoms with E-state index in [0.717, 1.165) is 28.5 Å². The molecule has 0 saturated heterocycles. The van der Waals surface area contributed by atoms with E-state index >= 15 is 0 Å². The standard InChI is InChI=1S/C18H9Cl2F3N4O2/c19-12-5-9(3-4-28)1-2-11(12)15-25-17(29-26-15)14-8-27-7-10(18(21,22)23)6-13(20)16(27)24-14/h1-2,4-8H,3H2. The van der Waals surface area contributed by atoms with Crippen LogP contribution in [0.5, 0.6) is 0 Å². The van der Waals surface area contributed by atoms with Gasteiger partial charge in [-0.15, -0.1) is 0 Å². The van der Waals surface area contributed by atoms with Gasteiger partial charge in [-0.2, -0.15) is 18.2 Å². The van der Waals surface area contributed by atoms with Gasteiger partial charge in [0.25, 0.3) is 5.89 Å². The predicted octanol–water partition coefficient (Wildman–Crippen LogP) is 5.12. The zero-order valence-corrected chi connectivity index (χ0v) is 15.8. The Morgan fingerprint density at radius 1 is 1.10 bits per heavy atom. The Hall–Kier alpha value is -2.91. The third kappa shape index (κ3) is 3.70. The van der Waals surface area contributed by atoms with Gasteiger partial charge in [-0.25, -0.2) is 4.98 Å². The van der Waals surface area contributed by atoms with Crippen LogP contribution in [0.4, 0.5) is 13.2 Å². The molecular formula is C18H9Cl2F3N4O2. The van der Waals surface area contributed by atoms with E-state index in [1.165, 1.54) is 6.20 Å². The molecular weight excluding hydrogens is 432 g/mol. The van der Waals surface area contributed by atoms with Crippen molar-refractivity contribution in [1.82, 2.24) is 19.5 Å². The number of halogens is 5. The van der Waals surface area contributed by atoms with E-state index in [0.29, 0.717) is 10.6 Å². The number of pyridine rings is 1. The van der Waals surface area contributed by atoms with Gasteiger partial charge in [0.15, 0.2) is 5.65 Å². The van der Waals surface area contributed by atoms with Crippen molar-refractivity contribution in [1.29, 1.82) is 0 Å². The largest absolute Gasteiger partial charge is 0.417 e. The normalized spacial score (nSPS) is 11.9. The molecule has 4 aromatic rings. The minimum absolute atomic E-state index is 0.0126. The maximum absolute atomic E-state index is 13.0. The molecule has 0 radical (unpaired) electrons. The fourth-order valence-corrected chi connectivity index (χ4v) is 3.26.